The van der Waals surface area contributed by atoms with Gasteiger partial charge in [0.05, 0.1) is 5.56 Å². The molecule has 2 N–H and O–H groups in total. The van der Waals surface area contributed by atoms with Gasteiger partial charge in [-0.05, 0) is 18.8 Å². The lowest BCUT2D eigenvalue weighted by atomic mass is 9.95. The first-order valence-electron chi connectivity index (χ1n) is 6.30. The highest BCUT2D eigenvalue weighted by Crippen LogP contribution is 2.31. The van der Waals surface area contributed by atoms with Gasteiger partial charge in [0.25, 0.3) is 5.56 Å². The third kappa shape index (κ3) is 2.41. The van der Waals surface area contributed by atoms with Gasteiger partial charge >= 0.3 is 0 Å². The summed E-state index contributed by atoms with van der Waals surface area (Å²) in [6.45, 7) is 7.60. The molecule has 1 heterocycles. The van der Waals surface area contributed by atoms with Crippen LogP contribution in [-0.2, 0) is 10.3 Å². The topological polar surface area (TPSA) is 75.2 Å². The Labute approximate surface area is 107 Å². The number of nitrogens with one attached hydrogen (secondary N) is 1. The summed E-state index contributed by atoms with van der Waals surface area (Å²) >= 11 is 0. The Bertz CT molecular complexity index is 454. The number of hydrogen-bond acceptors (Lipinski definition) is 4. The SMILES string of the molecule is CCC(CC)(OC)c1nc(O)c(C(C)C)c(=O)[nH]1. The molecular weight excluding hydrogens is 232 g/mol. The molecule has 0 aliphatic carbocycles. The van der Waals surface area contributed by atoms with Crippen molar-refractivity contribution in [2.24, 2.45) is 0 Å². The maximum absolute atomic E-state index is 12.0. The van der Waals surface area contributed by atoms with Gasteiger partial charge in [-0.1, -0.05) is 27.7 Å². The predicted molar refractivity (Wildman–Crippen MR) is 69.9 cm³/mol. The van der Waals surface area contributed by atoms with Gasteiger partial charge in [-0.3, -0.25) is 4.79 Å². The fourth-order valence-electron chi connectivity index (χ4n) is 2.18. The van der Waals surface area contributed by atoms with Crippen molar-refractivity contribution in [2.45, 2.75) is 52.1 Å². The molecule has 18 heavy (non-hydrogen) atoms. The van der Waals surface area contributed by atoms with Crippen LogP contribution in [0, 0.1) is 0 Å². The van der Waals surface area contributed by atoms with E-state index in [1.807, 2.05) is 27.7 Å². The van der Waals surface area contributed by atoms with Crippen LogP contribution in [0.25, 0.3) is 0 Å². The van der Waals surface area contributed by atoms with Crippen LogP contribution < -0.4 is 5.56 Å². The summed E-state index contributed by atoms with van der Waals surface area (Å²) in [5.41, 5.74) is -0.627. The van der Waals surface area contributed by atoms with E-state index < -0.39 is 5.60 Å². The van der Waals surface area contributed by atoms with Gasteiger partial charge in [-0.25, -0.2) is 0 Å². The van der Waals surface area contributed by atoms with Crippen molar-refractivity contribution in [3.05, 3.63) is 21.7 Å². The summed E-state index contributed by atoms with van der Waals surface area (Å²) in [5, 5.41) is 9.91. The Hall–Kier alpha value is -1.36. The first-order valence-corrected chi connectivity index (χ1v) is 6.30. The fourth-order valence-corrected chi connectivity index (χ4v) is 2.18. The molecule has 0 atom stereocenters. The van der Waals surface area contributed by atoms with E-state index >= 15 is 0 Å². The molecule has 0 radical (unpaired) electrons. The average Bonchev–Trinajstić information content (AvgIpc) is 2.30. The third-order valence-electron chi connectivity index (χ3n) is 3.48. The van der Waals surface area contributed by atoms with E-state index in [9.17, 15) is 9.90 Å². The molecular formula is C13H22N2O3. The predicted octanol–water partition coefficient (Wildman–Crippen LogP) is 2.26. The maximum atomic E-state index is 12.0. The number of hydrogen-bond donors (Lipinski definition) is 2. The highest BCUT2D eigenvalue weighted by molar-refractivity contribution is 5.26. The molecule has 5 heteroatoms. The Morgan fingerprint density at radius 2 is 1.94 bits per heavy atom. The van der Waals surface area contributed by atoms with Gasteiger partial charge < -0.3 is 14.8 Å². The van der Waals surface area contributed by atoms with Gasteiger partial charge in [-0.15, -0.1) is 0 Å². The highest BCUT2D eigenvalue weighted by atomic mass is 16.5. The van der Waals surface area contributed by atoms with E-state index in [0.29, 0.717) is 24.2 Å². The van der Waals surface area contributed by atoms with E-state index in [0.717, 1.165) is 0 Å². The Kier molecular flexibility index (Phi) is 4.51. The summed E-state index contributed by atoms with van der Waals surface area (Å²) in [6, 6.07) is 0. The molecule has 102 valence electrons. The summed E-state index contributed by atoms with van der Waals surface area (Å²) < 4.78 is 5.49. The first-order chi connectivity index (χ1) is 8.41. The molecule has 0 fully saturated rings. The standard InChI is InChI=1S/C13H22N2O3/c1-6-13(7-2,18-5)12-14-10(16)9(8(3)4)11(17)15-12/h8H,6-7H2,1-5H3,(H2,14,15,16,17). The summed E-state index contributed by atoms with van der Waals surface area (Å²) in [4.78, 5) is 18.8. The molecule has 0 unspecified atom stereocenters. The van der Waals surface area contributed by atoms with E-state index in [1.54, 1.807) is 7.11 Å². The van der Waals surface area contributed by atoms with Gasteiger partial charge in [0, 0.05) is 7.11 Å². The minimum absolute atomic E-state index is 0.0736. The largest absolute Gasteiger partial charge is 0.493 e. The molecule has 0 aromatic carbocycles. The fraction of sp³-hybridized carbons (Fsp3) is 0.692. The zero-order valence-electron chi connectivity index (χ0n) is 11.7. The summed E-state index contributed by atoms with van der Waals surface area (Å²) in [6.07, 6.45) is 1.34. The molecule has 1 rings (SSSR count). The second kappa shape index (κ2) is 5.52. The lowest BCUT2D eigenvalue weighted by Crippen LogP contribution is -2.32. The van der Waals surface area contributed by atoms with Crippen LogP contribution in [0.4, 0.5) is 0 Å². The van der Waals surface area contributed by atoms with E-state index in [2.05, 4.69) is 9.97 Å². The minimum atomic E-state index is -0.647. The molecule has 1 aromatic rings. The van der Waals surface area contributed by atoms with Crippen molar-refractivity contribution >= 4 is 0 Å². The van der Waals surface area contributed by atoms with E-state index in [1.165, 1.54) is 0 Å². The smallest absolute Gasteiger partial charge is 0.258 e. The summed E-state index contributed by atoms with van der Waals surface area (Å²) in [7, 11) is 1.58. The zero-order chi connectivity index (χ0) is 13.9. The lowest BCUT2D eigenvalue weighted by molar-refractivity contribution is -0.0297. The Morgan fingerprint density at radius 1 is 1.39 bits per heavy atom. The average molecular weight is 254 g/mol. The molecule has 0 amide bonds. The van der Waals surface area contributed by atoms with Crippen LogP contribution in [0.3, 0.4) is 0 Å². The van der Waals surface area contributed by atoms with Crippen molar-refractivity contribution in [3.63, 3.8) is 0 Å². The monoisotopic (exact) mass is 254 g/mol. The van der Waals surface area contributed by atoms with E-state index in [4.69, 9.17) is 4.74 Å². The van der Waals surface area contributed by atoms with Crippen LogP contribution in [0.5, 0.6) is 5.88 Å². The van der Waals surface area contributed by atoms with Gasteiger partial charge in [0.1, 0.15) is 11.4 Å². The van der Waals surface area contributed by atoms with E-state index in [-0.39, 0.29) is 17.4 Å². The zero-order valence-corrected chi connectivity index (χ0v) is 11.7. The lowest BCUT2D eigenvalue weighted by Gasteiger charge is -2.29. The van der Waals surface area contributed by atoms with Crippen molar-refractivity contribution < 1.29 is 9.84 Å². The van der Waals surface area contributed by atoms with Crippen molar-refractivity contribution in [1.82, 2.24) is 9.97 Å². The number of aromatic nitrogens is 2. The third-order valence-corrected chi connectivity index (χ3v) is 3.48. The second-order valence-corrected chi connectivity index (χ2v) is 4.71. The Morgan fingerprint density at radius 3 is 2.28 bits per heavy atom. The number of nitrogens with zero attached hydrogens (tertiary/aromatic N) is 1. The van der Waals surface area contributed by atoms with Crippen LogP contribution in [0.15, 0.2) is 4.79 Å². The van der Waals surface area contributed by atoms with Crippen molar-refractivity contribution in [1.29, 1.82) is 0 Å². The molecule has 0 aliphatic heterocycles. The van der Waals surface area contributed by atoms with Crippen LogP contribution in [0.1, 0.15) is 57.8 Å². The number of H-pyrrole nitrogens is 1. The first kappa shape index (κ1) is 14.7. The van der Waals surface area contributed by atoms with Crippen molar-refractivity contribution in [2.75, 3.05) is 7.11 Å². The van der Waals surface area contributed by atoms with Gasteiger partial charge in [0.15, 0.2) is 0 Å². The van der Waals surface area contributed by atoms with Crippen LogP contribution >= 0.6 is 0 Å². The van der Waals surface area contributed by atoms with Crippen LogP contribution in [-0.4, -0.2) is 22.2 Å². The van der Waals surface area contributed by atoms with Crippen molar-refractivity contribution in [3.8, 4) is 5.88 Å². The molecule has 1 aromatic heterocycles. The number of aromatic amines is 1. The number of rotatable bonds is 5. The minimum Gasteiger partial charge on any atom is -0.493 e. The normalized spacial score (nSPS) is 12.1. The highest BCUT2D eigenvalue weighted by Gasteiger charge is 2.32. The molecule has 0 spiro atoms. The molecule has 5 nitrogen and oxygen atoms in total. The van der Waals surface area contributed by atoms with Gasteiger partial charge in [0.2, 0.25) is 5.88 Å². The second-order valence-electron chi connectivity index (χ2n) is 4.71. The maximum Gasteiger partial charge on any atom is 0.258 e. The Balaban J connectivity index is 3.42. The molecule has 0 aliphatic rings. The number of aromatic hydroxyl groups is 1. The molecule has 0 bridgehead atoms. The molecule has 0 saturated heterocycles. The van der Waals surface area contributed by atoms with Crippen LogP contribution in [0.2, 0.25) is 0 Å². The van der Waals surface area contributed by atoms with Gasteiger partial charge in [-0.2, -0.15) is 4.98 Å². The summed E-state index contributed by atoms with van der Waals surface area (Å²) in [5.74, 6) is 0.115. The quantitative estimate of drug-likeness (QED) is 0.845. The number of methoxy groups -OCH3 is 1. The molecule has 0 saturated carbocycles. The number of ether oxygens (including phenoxy) is 1.